The molecule has 8 heteroatoms. The predicted molar refractivity (Wildman–Crippen MR) is 118 cm³/mol. The van der Waals surface area contributed by atoms with Crippen molar-refractivity contribution in [2.45, 2.75) is 26.7 Å². The standard InChI is InChI=1S/C21H26N2O3S.2H2O/c1-4-27-23-7-8-25-20-11-19(26-13-15-5-6-15)17(10-18(20)23)16-9-14(2)21(24)22(3)12-16;;/h9-12,15H,4-8,13H2,1-3H3;2*1H2. The summed E-state index contributed by atoms with van der Waals surface area (Å²) in [5, 5.41) is 0. The number of fused-ring (bicyclic) bond motifs is 1. The zero-order valence-corrected chi connectivity index (χ0v) is 18.0. The Kier molecular flexibility index (Phi) is 7.62. The number of hydrogen-bond donors (Lipinski definition) is 0. The molecule has 0 radical (unpaired) electrons. The molecular formula is C21H30N2O5S. The fraction of sp³-hybridized carbons (Fsp3) is 0.476. The highest BCUT2D eigenvalue weighted by Crippen LogP contribution is 2.44. The molecule has 1 aliphatic heterocycles. The Bertz CT molecular complexity index is 884. The lowest BCUT2D eigenvalue weighted by Gasteiger charge is -2.31. The Morgan fingerprint density at radius 2 is 2.00 bits per heavy atom. The first kappa shape index (κ1) is 23.1. The predicted octanol–water partition coefficient (Wildman–Crippen LogP) is 2.37. The summed E-state index contributed by atoms with van der Waals surface area (Å²) >= 11 is 1.80. The van der Waals surface area contributed by atoms with Crippen LogP contribution in [0.25, 0.3) is 11.1 Å². The minimum Gasteiger partial charge on any atom is -0.493 e. The first-order valence-corrected chi connectivity index (χ1v) is 10.5. The normalized spacial score (nSPS) is 14.9. The highest BCUT2D eigenvalue weighted by Gasteiger charge is 2.25. The van der Waals surface area contributed by atoms with E-state index in [1.807, 2.05) is 25.3 Å². The molecule has 2 aromatic rings. The number of benzene rings is 1. The second-order valence-corrected chi connectivity index (χ2v) is 8.54. The van der Waals surface area contributed by atoms with Gasteiger partial charge < -0.3 is 29.3 Å². The van der Waals surface area contributed by atoms with Crippen LogP contribution in [0.5, 0.6) is 11.5 Å². The van der Waals surface area contributed by atoms with Crippen molar-refractivity contribution in [3.63, 3.8) is 0 Å². The number of aromatic nitrogens is 1. The molecule has 0 saturated heterocycles. The Morgan fingerprint density at radius 1 is 1.24 bits per heavy atom. The zero-order chi connectivity index (χ0) is 19.0. The average Bonchev–Trinajstić information content (AvgIpc) is 3.48. The molecule has 4 N–H and O–H groups in total. The van der Waals surface area contributed by atoms with Crippen molar-refractivity contribution in [3.05, 3.63) is 40.3 Å². The van der Waals surface area contributed by atoms with Gasteiger partial charge in [0.25, 0.3) is 5.56 Å². The topological polar surface area (TPSA) is 107 Å². The second-order valence-electron chi connectivity index (χ2n) is 7.27. The van der Waals surface area contributed by atoms with E-state index in [9.17, 15) is 4.79 Å². The van der Waals surface area contributed by atoms with E-state index >= 15 is 0 Å². The van der Waals surface area contributed by atoms with Gasteiger partial charge in [0.05, 0.1) is 18.8 Å². The number of nitrogens with zero attached hydrogens (tertiary/aromatic N) is 2. The van der Waals surface area contributed by atoms with Crippen molar-refractivity contribution in [1.29, 1.82) is 0 Å². The van der Waals surface area contributed by atoms with Crippen LogP contribution in [0.1, 0.15) is 25.3 Å². The molecule has 0 bridgehead atoms. The maximum atomic E-state index is 12.1. The molecule has 0 amide bonds. The highest BCUT2D eigenvalue weighted by atomic mass is 32.2. The maximum absolute atomic E-state index is 12.1. The van der Waals surface area contributed by atoms with E-state index in [2.05, 4.69) is 17.3 Å². The first-order chi connectivity index (χ1) is 13.1. The lowest BCUT2D eigenvalue weighted by atomic mass is 10.0. The lowest BCUT2D eigenvalue weighted by Crippen LogP contribution is -2.27. The molecular weight excluding hydrogens is 392 g/mol. The maximum Gasteiger partial charge on any atom is 0.253 e. The molecule has 4 rings (SSSR count). The molecule has 1 saturated carbocycles. The van der Waals surface area contributed by atoms with E-state index in [0.29, 0.717) is 12.5 Å². The van der Waals surface area contributed by atoms with Crippen molar-refractivity contribution in [1.82, 2.24) is 4.57 Å². The van der Waals surface area contributed by atoms with Crippen molar-refractivity contribution >= 4 is 17.6 Å². The molecule has 0 unspecified atom stereocenters. The van der Waals surface area contributed by atoms with E-state index in [-0.39, 0.29) is 16.5 Å². The third-order valence-corrected chi connectivity index (χ3v) is 5.96. The van der Waals surface area contributed by atoms with Crippen LogP contribution in [0.2, 0.25) is 0 Å². The number of pyridine rings is 1. The van der Waals surface area contributed by atoms with Crippen LogP contribution in [-0.4, -0.2) is 41.0 Å². The molecule has 1 aromatic carbocycles. The van der Waals surface area contributed by atoms with Crippen LogP contribution in [-0.2, 0) is 7.05 Å². The van der Waals surface area contributed by atoms with Gasteiger partial charge in [0.2, 0.25) is 0 Å². The molecule has 29 heavy (non-hydrogen) atoms. The summed E-state index contributed by atoms with van der Waals surface area (Å²) in [6, 6.07) is 6.13. The van der Waals surface area contributed by atoms with Gasteiger partial charge in [-0.15, -0.1) is 0 Å². The molecule has 2 heterocycles. The van der Waals surface area contributed by atoms with Crippen LogP contribution >= 0.6 is 11.9 Å². The van der Waals surface area contributed by atoms with E-state index in [1.165, 1.54) is 12.8 Å². The SMILES string of the molecule is CCSN1CCOc2cc(OCC3CC3)c(-c3cc(C)c(=O)n(C)c3)cc21.O.O. The first-order valence-electron chi connectivity index (χ1n) is 9.58. The van der Waals surface area contributed by atoms with Gasteiger partial charge in [-0.3, -0.25) is 4.79 Å². The van der Waals surface area contributed by atoms with E-state index in [0.717, 1.165) is 52.8 Å². The summed E-state index contributed by atoms with van der Waals surface area (Å²) in [6.45, 7) is 6.30. The van der Waals surface area contributed by atoms with Crippen molar-refractivity contribution in [2.75, 3.05) is 29.8 Å². The quantitative estimate of drug-likeness (QED) is 0.664. The van der Waals surface area contributed by atoms with Crippen LogP contribution in [0.15, 0.2) is 29.2 Å². The van der Waals surface area contributed by atoms with Crippen LogP contribution in [0.4, 0.5) is 5.69 Å². The van der Waals surface area contributed by atoms with Gasteiger partial charge in [-0.1, -0.05) is 6.92 Å². The molecule has 0 spiro atoms. The van der Waals surface area contributed by atoms with Gasteiger partial charge in [0.15, 0.2) is 0 Å². The van der Waals surface area contributed by atoms with E-state index in [4.69, 9.17) is 9.47 Å². The molecule has 160 valence electrons. The van der Waals surface area contributed by atoms with Gasteiger partial charge in [0.1, 0.15) is 18.1 Å². The van der Waals surface area contributed by atoms with Gasteiger partial charge in [-0.2, -0.15) is 0 Å². The molecule has 0 atom stereocenters. The van der Waals surface area contributed by atoms with Crippen LogP contribution < -0.4 is 19.3 Å². The van der Waals surface area contributed by atoms with Crippen molar-refractivity contribution < 1.29 is 20.4 Å². The summed E-state index contributed by atoms with van der Waals surface area (Å²) in [7, 11) is 1.80. The number of rotatable bonds is 6. The zero-order valence-electron chi connectivity index (χ0n) is 17.2. The van der Waals surface area contributed by atoms with Crippen LogP contribution in [0.3, 0.4) is 0 Å². The Balaban J connectivity index is 0.00000150. The number of anilines is 1. The summed E-state index contributed by atoms with van der Waals surface area (Å²) in [6.07, 6.45) is 4.38. The molecule has 1 aromatic heterocycles. The van der Waals surface area contributed by atoms with Gasteiger partial charge in [0, 0.05) is 41.8 Å². The second kappa shape index (κ2) is 9.56. The third kappa shape index (κ3) is 4.88. The molecule has 1 aliphatic carbocycles. The van der Waals surface area contributed by atoms with Crippen LogP contribution in [0, 0.1) is 12.8 Å². The summed E-state index contributed by atoms with van der Waals surface area (Å²) in [4.78, 5) is 12.1. The van der Waals surface area contributed by atoms with Crippen molar-refractivity contribution in [2.24, 2.45) is 13.0 Å². The Hall–Kier alpha value is -2.16. The minimum absolute atomic E-state index is 0. The largest absolute Gasteiger partial charge is 0.493 e. The van der Waals surface area contributed by atoms with Gasteiger partial charge >= 0.3 is 0 Å². The fourth-order valence-corrected chi connectivity index (χ4v) is 4.17. The smallest absolute Gasteiger partial charge is 0.253 e. The number of hydrogen-bond acceptors (Lipinski definition) is 5. The van der Waals surface area contributed by atoms with Gasteiger partial charge in [-0.25, -0.2) is 0 Å². The lowest BCUT2D eigenvalue weighted by molar-refractivity contribution is 0.291. The van der Waals surface area contributed by atoms with E-state index in [1.54, 1.807) is 23.6 Å². The number of aryl methyl sites for hydroxylation is 2. The summed E-state index contributed by atoms with van der Waals surface area (Å²) in [5.41, 5.74) is 3.85. The minimum atomic E-state index is 0. The Labute approximate surface area is 175 Å². The Morgan fingerprint density at radius 3 is 2.66 bits per heavy atom. The molecule has 7 nitrogen and oxygen atoms in total. The fourth-order valence-electron chi connectivity index (χ4n) is 3.37. The van der Waals surface area contributed by atoms with Crippen molar-refractivity contribution in [3.8, 4) is 22.6 Å². The average molecular weight is 423 g/mol. The highest BCUT2D eigenvalue weighted by molar-refractivity contribution is 8.00. The summed E-state index contributed by atoms with van der Waals surface area (Å²) < 4.78 is 16.1. The number of ether oxygens (including phenoxy) is 2. The molecule has 1 fully saturated rings. The molecule has 2 aliphatic rings. The third-order valence-electron chi connectivity index (χ3n) is 5.01. The summed E-state index contributed by atoms with van der Waals surface area (Å²) in [5.74, 6) is 3.39. The van der Waals surface area contributed by atoms with E-state index < -0.39 is 0 Å². The van der Waals surface area contributed by atoms with Gasteiger partial charge in [-0.05, 0) is 49.8 Å². The monoisotopic (exact) mass is 422 g/mol.